The number of hydrogen-bond acceptors (Lipinski definition) is 2. The first kappa shape index (κ1) is 10.3. The molecule has 0 saturated heterocycles. The molecule has 17 heavy (non-hydrogen) atoms. The molecule has 1 aromatic carbocycles. The van der Waals surface area contributed by atoms with Crippen LogP contribution >= 0.6 is 11.6 Å². The predicted octanol–water partition coefficient (Wildman–Crippen LogP) is 3.16. The van der Waals surface area contributed by atoms with E-state index in [4.69, 9.17) is 11.6 Å². The molecule has 0 N–H and O–H groups in total. The van der Waals surface area contributed by atoms with E-state index < -0.39 is 0 Å². The Kier molecular flexibility index (Phi) is 2.53. The van der Waals surface area contributed by atoms with Gasteiger partial charge in [-0.1, -0.05) is 18.2 Å². The van der Waals surface area contributed by atoms with Crippen LogP contribution in [0, 0.1) is 0 Å². The fourth-order valence-corrected chi connectivity index (χ4v) is 2.11. The number of hydrogen-bond donors (Lipinski definition) is 0. The second-order valence-electron chi connectivity index (χ2n) is 3.75. The van der Waals surface area contributed by atoms with E-state index in [0.29, 0.717) is 5.88 Å². The first-order valence-electron chi connectivity index (χ1n) is 5.32. The Morgan fingerprint density at radius 3 is 2.88 bits per heavy atom. The molecule has 0 radical (unpaired) electrons. The van der Waals surface area contributed by atoms with Gasteiger partial charge in [0.05, 0.1) is 23.6 Å². The Labute approximate surface area is 104 Å². The Balaban J connectivity index is 2.27. The number of pyridine rings is 1. The molecular formula is C13H10ClN3. The summed E-state index contributed by atoms with van der Waals surface area (Å²) in [5.74, 6) is 0.450. The molecule has 0 atom stereocenters. The van der Waals surface area contributed by atoms with Crippen LogP contribution in [-0.4, -0.2) is 14.8 Å². The molecule has 0 fully saturated rings. The van der Waals surface area contributed by atoms with E-state index >= 15 is 0 Å². The van der Waals surface area contributed by atoms with Crippen molar-refractivity contribution < 1.29 is 0 Å². The van der Waals surface area contributed by atoms with E-state index in [2.05, 4.69) is 10.1 Å². The fraction of sp³-hybridized carbons (Fsp3) is 0.0769. The first-order chi connectivity index (χ1) is 8.40. The summed E-state index contributed by atoms with van der Waals surface area (Å²) in [6.07, 6.45) is 5.38. The van der Waals surface area contributed by atoms with Crippen LogP contribution in [-0.2, 0) is 5.88 Å². The molecule has 3 rings (SSSR count). The predicted molar refractivity (Wildman–Crippen MR) is 68.4 cm³/mol. The van der Waals surface area contributed by atoms with Gasteiger partial charge in [-0.3, -0.25) is 4.98 Å². The van der Waals surface area contributed by atoms with Crippen LogP contribution in [0.15, 0.2) is 48.9 Å². The van der Waals surface area contributed by atoms with E-state index in [1.165, 1.54) is 0 Å². The number of para-hydroxylation sites is 1. The van der Waals surface area contributed by atoms with Gasteiger partial charge in [0.2, 0.25) is 0 Å². The van der Waals surface area contributed by atoms with Gasteiger partial charge in [-0.2, -0.15) is 5.10 Å². The topological polar surface area (TPSA) is 30.7 Å². The summed E-state index contributed by atoms with van der Waals surface area (Å²) < 4.78 is 1.88. The SMILES string of the molecule is ClCc1ccncc1-n1ncc2ccccc21. The van der Waals surface area contributed by atoms with Gasteiger partial charge in [0, 0.05) is 17.5 Å². The lowest BCUT2D eigenvalue weighted by molar-refractivity contribution is 0.892. The second-order valence-corrected chi connectivity index (χ2v) is 4.02. The molecule has 4 heteroatoms. The summed E-state index contributed by atoms with van der Waals surface area (Å²) in [5.41, 5.74) is 3.02. The van der Waals surface area contributed by atoms with E-state index in [0.717, 1.165) is 22.2 Å². The van der Waals surface area contributed by atoms with Crippen LogP contribution in [0.3, 0.4) is 0 Å². The zero-order valence-corrected chi connectivity index (χ0v) is 9.80. The third kappa shape index (κ3) is 1.68. The van der Waals surface area contributed by atoms with Gasteiger partial charge in [-0.15, -0.1) is 11.6 Å². The molecule has 0 saturated carbocycles. The quantitative estimate of drug-likeness (QED) is 0.648. The highest BCUT2D eigenvalue weighted by atomic mass is 35.5. The van der Waals surface area contributed by atoms with Crippen molar-refractivity contribution in [2.45, 2.75) is 5.88 Å². The lowest BCUT2D eigenvalue weighted by Gasteiger charge is -2.07. The van der Waals surface area contributed by atoms with E-state index in [1.807, 2.05) is 41.2 Å². The number of alkyl halides is 1. The number of halogens is 1. The maximum Gasteiger partial charge on any atom is 0.0880 e. The number of fused-ring (bicyclic) bond motifs is 1. The molecule has 84 valence electrons. The first-order valence-corrected chi connectivity index (χ1v) is 5.85. The summed E-state index contributed by atoms with van der Waals surface area (Å²) in [4.78, 5) is 4.14. The maximum absolute atomic E-state index is 5.93. The molecule has 3 aromatic rings. The molecule has 0 amide bonds. The van der Waals surface area contributed by atoms with Gasteiger partial charge in [-0.25, -0.2) is 4.68 Å². The zero-order valence-electron chi connectivity index (χ0n) is 9.05. The standard InChI is InChI=1S/C13H10ClN3/c14-7-10-5-6-15-9-13(10)17-12-4-2-1-3-11(12)8-16-17/h1-6,8-9H,7H2. The summed E-state index contributed by atoms with van der Waals surface area (Å²) in [5, 5.41) is 5.50. The van der Waals surface area contributed by atoms with Gasteiger partial charge in [0.1, 0.15) is 0 Å². The summed E-state index contributed by atoms with van der Waals surface area (Å²) in [6, 6.07) is 9.99. The van der Waals surface area contributed by atoms with Crippen molar-refractivity contribution in [3.63, 3.8) is 0 Å². The van der Waals surface area contributed by atoms with Crippen molar-refractivity contribution >= 4 is 22.5 Å². The molecule has 0 unspecified atom stereocenters. The van der Waals surface area contributed by atoms with Gasteiger partial charge in [0.15, 0.2) is 0 Å². The third-order valence-electron chi connectivity index (χ3n) is 2.74. The molecule has 0 aliphatic heterocycles. The Hall–Kier alpha value is -1.87. The lowest BCUT2D eigenvalue weighted by atomic mass is 10.2. The third-order valence-corrected chi connectivity index (χ3v) is 3.02. The molecule has 0 bridgehead atoms. The summed E-state index contributed by atoms with van der Waals surface area (Å²) in [7, 11) is 0. The highest BCUT2D eigenvalue weighted by Gasteiger charge is 2.08. The Morgan fingerprint density at radius 1 is 1.12 bits per heavy atom. The Morgan fingerprint density at radius 2 is 2.00 bits per heavy atom. The number of rotatable bonds is 2. The summed E-state index contributed by atoms with van der Waals surface area (Å²) >= 11 is 5.93. The number of nitrogens with zero attached hydrogens (tertiary/aromatic N) is 3. The molecule has 0 spiro atoms. The molecule has 3 nitrogen and oxygen atoms in total. The van der Waals surface area contributed by atoms with Crippen molar-refractivity contribution in [1.29, 1.82) is 0 Å². The zero-order chi connectivity index (χ0) is 11.7. The average Bonchev–Trinajstić information content (AvgIpc) is 2.82. The maximum atomic E-state index is 5.93. The van der Waals surface area contributed by atoms with E-state index in [1.54, 1.807) is 12.4 Å². The lowest BCUT2D eigenvalue weighted by Crippen LogP contribution is -2.00. The second kappa shape index (κ2) is 4.18. The van der Waals surface area contributed by atoms with Gasteiger partial charge >= 0.3 is 0 Å². The average molecular weight is 244 g/mol. The largest absolute Gasteiger partial charge is 0.262 e. The molecule has 2 heterocycles. The van der Waals surface area contributed by atoms with Crippen LogP contribution in [0.2, 0.25) is 0 Å². The highest BCUT2D eigenvalue weighted by molar-refractivity contribution is 6.17. The smallest absolute Gasteiger partial charge is 0.0880 e. The summed E-state index contributed by atoms with van der Waals surface area (Å²) in [6.45, 7) is 0. The van der Waals surface area contributed by atoms with Gasteiger partial charge in [0.25, 0.3) is 0 Å². The van der Waals surface area contributed by atoms with Gasteiger partial charge < -0.3 is 0 Å². The highest BCUT2D eigenvalue weighted by Crippen LogP contribution is 2.20. The molecular weight excluding hydrogens is 234 g/mol. The van der Waals surface area contributed by atoms with Crippen LogP contribution in [0.25, 0.3) is 16.6 Å². The van der Waals surface area contributed by atoms with Crippen LogP contribution in [0.5, 0.6) is 0 Å². The monoisotopic (exact) mass is 243 g/mol. The van der Waals surface area contributed by atoms with Crippen molar-refractivity contribution in [1.82, 2.24) is 14.8 Å². The van der Waals surface area contributed by atoms with Crippen molar-refractivity contribution in [2.24, 2.45) is 0 Å². The molecule has 0 aliphatic carbocycles. The number of benzene rings is 1. The van der Waals surface area contributed by atoms with E-state index in [-0.39, 0.29) is 0 Å². The molecule has 2 aromatic heterocycles. The minimum atomic E-state index is 0.450. The number of aromatic nitrogens is 3. The normalized spacial score (nSPS) is 10.9. The van der Waals surface area contributed by atoms with Crippen molar-refractivity contribution in [3.8, 4) is 5.69 Å². The van der Waals surface area contributed by atoms with Crippen LogP contribution in [0.1, 0.15) is 5.56 Å². The van der Waals surface area contributed by atoms with Crippen molar-refractivity contribution in [3.05, 3.63) is 54.5 Å². The molecule has 0 aliphatic rings. The van der Waals surface area contributed by atoms with Crippen LogP contribution in [0.4, 0.5) is 0 Å². The minimum absolute atomic E-state index is 0.450. The van der Waals surface area contributed by atoms with Gasteiger partial charge in [-0.05, 0) is 17.7 Å². The van der Waals surface area contributed by atoms with Crippen LogP contribution < -0.4 is 0 Å². The van der Waals surface area contributed by atoms with E-state index in [9.17, 15) is 0 Å². The minimum Gasteiger partial charge on any atom is -0.262 e. The van der Waals surface area contributed by atoms with Crippen molar-refractivity contribution in [2.75, 3.05) is 0 Å². The Bertz CT molecular complexity index is 660. The fourth-order valence-electron chi connectivity index (χ4n) is 1.88.